The fraction of sp³-hybridized carbons (Fsp3) is 0.0556. The molecule has 2 amide bonds. The lowest BCUT2D eigenvalue weighted by Gasteiger charge is -2.16. The lowest BCUT2D eigenvalue weighted by molar-refractivity contribution is -0.134. The maximum absolute atomic E-state index is 12.6. The highest BCUT2D eigenvalue weighted by molar-refractivity contribution is 9.10. The molecule has 0 radical (unpaired) electrons. The van der Waals surface area contributed by atoms with Crippen molar-refractivity contribution in [3.8, 4) is 5.75 Å². The third-order valence-corrected chi connectivity index (χ3v) is 6.38. The van der Waals surface area contributed by atoms with Crippen molar-refractivity contribution in [2.45, 2.75) is 0 Å². The molecule has 0 aliphatic carbocycles. The summed E-state index contributed by atoms with van der Waals surface area (Å²) in [6, 6.07) is 10.2. The number of benzene rings is 2. The van der Waals surface area contributed by atoms with Crippen LogP contribution in [0.5, 0.6) is 5.75 Å². The smallest absolute Gasteiger partial charge is 0.285 e. The van der Waals surface area contributed by atoms with E-state index >= 15 is 0 Å². The van der Waals surface area contributed by atoms with Crippen molar-refractivity contribution in [3.63, 3.8) is 0 Å². The minimum Gasteiger partial charge on any atom is -0.482 e. The van der Waals surface area contributed by atoms with Crippen LogP contribution in [0.2, 0.25) is 15.1 Å². The second-order valence-corrected chi connectivity index (χ2v) is 9.40. The highest BCUT2D eigenvalue weighted by Gasteiger charge is 2.33. The fourth-order valence-corrected chi connectivity index (χ4v) is 4.22. The zero-order chi connectivity index (χ0) is 21.1. The van der Waals surface area contributed by atoms with Crippen LogP contribution in [-0.2, 0) is 9.59 Å². The Labute approximate surface area is 199 Å². The van der Waals surface area contributed by atoms with Gasteiger partial charge < -0.3 is 4.74 Å². The summed E-state index contributed by atoms with van der Waals surface area (Å²) in [5, 5.41) is 1.72. The van der Waals surface area contributed by atoms with Crippen LogP contribution in [0.15, 0.2) is 45.8 Å². The van der Waals surface area contributed by atoms with Crippen molar-refractivity contribution in [1.82, 2.24) is 10.4 Å². The predicted molar refractivity (Wildman–Crippen MR) is 124 cm³/mol. The number of rotatable bonds is 5. The molecular weight excluding hydrogens is 543 g/mol. The van der Waals surface area contributed by atoms with E-state index in [0.717, 1.165) is 26.8 Å². The summed E-state index contributed by atoms with van der Waals surface area (Å²) in [4.78, 5) is 25.2. The molecule has 2 aromatic rings. The number of hydrogen-bond acceptors (Lipinski definition) is 5. The second-order valence-electron chi connectivity index (χ2n) is 5.59. The molecule has 1 aliphatic rings. The molecule has 0 saturated carbocycles. The summed E-state index contributed by atoms with van der Waals surface area (Å²) >= 11 is 27.4. The average Bonchev–Trinajstić information content (AvgIpc) is 2.93. The number of halogens is 4. The molecule has 2 aromatic carbocycles. The maximum Gasteiger partial charge on any atom is 0.285 e. The van der Waals surface area contributed by atoms with Crippen LogP contribution in [0.3, 0.4) is 0 Å². The molecule has 1 N–H and O–H groups in total. The standard InChI is InChI=1S/C18H10BrCl3N2O3S2/c19-10-3-1-9(2-4-10)5-15-17(26)24(18(28)29-15)23-16(25)8-27-14-7-12(21)11(20)6-13(14)22/h1-7H,8H2,(H,23,25)/b15-5-. The number of nitrogens with zero attached hydrogens (tertiary/aromatic N) is 1. The molecule has 0 bridgehead atoms. The first-order chi connectivity index (χ1) is 13.7. The van der Waals surface area contributed by atoms with Crippen molar-refractivity contribution in [3.05, 3.63) is 66.4 Å². The molecule has 0 aromatic heterocycles. The van der Waals surface area contributed by atoms with Gasteiger partial charge in [0.25, 0.3) is 11.8 Å². The summed E-state index contributed by atoms with van der Waals surface area (Å²) in [7, 11) is 0. The van der Waals surface area contributed by atoms with Gasteiger partial charge in [-0.05, 0) is 42.1 Å². The molecule has 1 heterocycles. The van der Waals surface area contributed by atoms with E-state index in [-0.39, 0.29) is 25.1 Å². The van der Waals surface area contributed by atoms with Crippen molar-refractivity contribution >= 4 is 96.9 Å². The molecule has 11 heteroatoms. The van der Waals surface area contributed by atoms with Crippen LogP contribution in [0, 0.1) is 0 Å². The molecule has 150 valence electrons. The number of ether oxygens (including phenoxy) is 1. The molecular formula is C18H10BrCl3N2O3S2. The molecule has 0 spiro atoms. The molecule has 1 aliphatic heterocycles. The second kappa shape index (κ2) is 9.68. The van der Waals surface area contributed by atoms with Crippen molar-refractivity contribution in [2.24, 2.45) is 0 Å². The third kappa shape index (κ3) is 5.65. The highest BCUT2D eigenvalue weighted by Crippen LogP contribution is 2.34. The van der Waals surface area contributed by atoms with Gasteiger partial charge >= 0.3 is 0 Å². The van der Waals surface area contributed by atoms with Crippen molar-refractivity contribution < 1.29 is 14.3 Å². The highest BCUT2D eigenvalue weighted by atomic mass is 79.9. The molecule has 1 saturated heterocycles. The summed E-state index contributed by atoms with van der Waals surface area (Å²) in [6.07, 6.45) is 1.70. The van der Waals surface area contributed by atoms with Crippen LogP contribution < -0.4 is 10.2 Å². The maximum atomic E-state index is 12.6. The van der Waals surface area contributed by atoms with Gasteiger partial charge in [0.1, 0.15) is 5.75 Å². The summed E-state index contributed by atoms with van der Waals surface area (Å²) in [5.41, 5.74) is 3.26. The van der Waals surface area contributed by atoms with E-state index in [4.69, 9.17) is 51.8 Å². The summed E-state index contributed by atoms with van der Waals surface area (Å²) in [6.45, 7) is -0.402. The van der Waals surface area contributed by atoms with Gasteiger partial charge in [-0.15, -0.1) is 0 Å². The predicted octanol–water partition coefficient (Wildman–Crippen LogP) is 5.72. The zero-order valence-electron chi connectivity index (χ0n) is 14.2. The lowest BCUT2D eigenvalue weighted by atomic mass is 10.2. The van der Waals surface area contributed by atoms with Gasteiger partial charge in [0.05, 0.1) is 20.0 Å². The number of hydrazine groups is 1. The fourth-order valence-electron chi connectivity index (χ4n) is 2.19. The van der Waals surface area contributed by atoms with Gasteiger partial charge in [-0.1, -0.05) is 74.6 Å². The van der Waals surface area contributed by atoms with Crippen LogP contribution in [0.1, 0.15) is 5.56 Å². The quantitative estimate of drug-likeness (QED) is 0.292. The Hall–Kier alpha value is -1.29. The van der Waals surface area contributed by atoms with Gasteiger partial charge in [0.15, 0.2) is 10.9 Å². The number of thiocarbonyl (C=S) groups is 1. The van der Waals surface area contributed by atoms with Crippen LogP contribution >= 0.6 is 74.7 Å². The first-order valence-corrected chi connectivity index (χ1v) is 11.0. The lowest BCUT2D eigenvalue weighted by Crippen LogP contribution is -2.46. The van der Waals surface area contributed by atoms with Gasteiger partial charge in [-0.25, -0.2) is 0 Å². The van der Waals surface area contributed by atoms with E-state index in [2.05, 4.69) is 21.4 Å². The minimum atomic E-state index is -0.590. The molecule has 0 atom stereocenters. The van der Waals surface area contributed by atoms with Gasteiger partial charge in [0, 0.05) is 10.5 Å². The average molecular weight is 553 g/mol. The van der Waals surface area contributed by atoms with Crippen LogP contribution in [0.4, 0.5) is 0 Å². The Bertz CT molecular complexity index is 1030. The normalized spacial score (nSPS) is 15.2. The first kappa shape index (κ1) is 22.4. The Morgan fingerprint density at radius 3 is 2.52 bits per heavy atom. The molecule has 29 heavy (non-hydrogen) atoms. The minimum absolute atomic E-state index is 0.191. The Morgan fingerprint density at radius 1 is 1.17 bits per heavy atom. The van der Waals surface area contributed by atoms with Crippen molar-refractivity contribution in [2.75, 3.05) is 6.61 Å². The van der Waals surface area contributed by atoms with Gasteiger partial charge in [0.2, 0.25) is 0 Å². The summed E-state index contributed by atoms with van der Waals surface area (Å²) < 4.78 is 6.49. The molecule has 5 nitrogen and oxygen atoms in total. The van der Waals surface area contributed by atoms with E-state index in [1.54, 1.807) is 6.08 Å². The Kier molecular flexibility index (Phi) is 7.47. The van der Waals surface area contributed by atoms with E-state index in [1.165, 1.54) is 12.1 Å². The molecule has 1 fully saturated rings. The number of amides is 2. The largest absolute Gasteiger partial charge is 0.482 e. The molecule has 0 unspecified atom stereocenters. The van der Waals surface area contributed by atoms with Gasteiger partial charge in [-0.2, -0.15) is 5.01 Å². The van der Waals surface area contributed by atoms with Crippen LogP contribution in [0.25, 0.3) is 6.08 Å². The van der Waals surface area contributed by atoms with E-state index in [1.807, 2.05) is 24.3 Å². The number of thioether (sulfide) groups is 1. The number of hydrogen-bond donors (Lipinski definition) is 1. The topological polar surface area (TPSA) is 58.6 Å². The van der Waals surface area contributed by atoms with Crippen molar-refractivity contribution in [1.29, 1.82) is 0 Å². The van der Waals surface area contributed by atoms with E-state index < -0.39 is 18.4 Å². The van der Waals surface area contributed by atoms with E-state index in [9.17, 15) is 9.59 Å². The van der Waals surface area contributed by atoms with Crippen LogP contribution in [-0.4, -0.2) is 27.8 Å². The monoisotopic (exact) mass is 550 g/mol. The first-order valence-electron chi connectivity index (χ1n) is 7.85. The Balaban J connectivity index is 1.63. The number of carbonyl (C=O) groups excluding carboxylic acids is 2. The number of carbonyl (C=O) groups is 2. The number of nitrogens with one attached hydrogen (secondary N) is 1. The third-order valence-electron chi connectivity index (χ3n) is 3.53. The zero-order valence-corrected chi connectivity index (χ0v) is 19.7. The molecule has 3 rings (SSSR count). The SMILES string of the molecule is O=C(COc1cc(Cl)c(Cl)cc1Cl)NN1C(=O)/C(=C/c2ccc(Br)cc2)SC1=S. The Morgan fingerprint density at radius 2 is 1.83 bits per heavy atom. The summed E-state index contributed by atoms with van der Waals surface area (Å²) in [5.74, 6) is -0.825. The van der Waals surface area contributed by atoms with Gasteiger partial charge in [-0.3, -0.25) is 15.0 Å². The van der Waals surface area contributed by atoms with E-state index in [0.29, 0.717) is 4.91 Å².